The molecular weight excluding hydrogens is 869 g/mol. The molecule has 59 heavy (non-hydrogen) atoms. The number of hydrogen-bond acceptors (Lipinski definition) is 6. The van der Waals surface area contributed by atoms with Crippen molar-refractivity contribution in [2.45, 2.75) is 124 Å². The minimum Gasteiger partial charge on any atom is -0.491 e. The zero-order valence-corrected chi connectivity index (χ0v) is 32.8. The first-order chi connectivity index (χ1) is 26.5. The van der Waals surface area contributed by atoms with E-state index in [1.54, 1.807) is 13.0 Å². The Labute approximate surface area is 327 Å². The Kier molecular flexibility index (Phi) is 17.6. The van der Waals surface area contributed by atoms with Crippen LogP contribution in [0.15, 0.2) is 48.1 Å². The van der Waals surface area contributed by atoms with Gasteiger partial charge in [-0.15, -0.1) is 0 Å². The molecule has 1 amide bonds. The third-order valence-electron chi connectivity index (χ3n) is 9.39. The molecule has 3 N–H and O–H groups in total. The molecule has 0 radical (unpaired) electrons. The second-order valence-electron chi connectivity index (χ2n) is 13.9. The number of rotatable bonds is 23. The quantitative estimate of drug-likeness (QED) is 0.0193. The van der Waals surface area contributed by atoms with Crippen LogP contribution in [0.1, 0.15) is 59.1 Å². The van der Waals surface area contributed by atoms with E-state index < -0.39 is 111 Å². The summed E-state index contributed by atoms with van der Waals surface area (Å²) < 4.78 is 251. The second-order valence-corrected chi connectivity index (χ2v) is 18.9. The lowest BCUT2D eigenvalue weighted by molar-refractivity contribution is -0.461. The van der Waals surface area contributed by atoms with Crippen LogP contribution < -0.4 is 10.2 Å². The maximum Gasteiger partial charge on any atom is 0.460 e. The monoisotopic (exact) mass is 911 g/mol. The zero-order chi connectivity index (χ0) is 46.4. The van der Waals surface area contributed by atoms with Crippen LogP contribution >= 0.6 is 0 Å². The maximum absolute atomic E-state index is 14.9. The average molecular weight is 912 g/mol. The molecule has 0 saturated carbocycles. The molecule has 25 heteroatoms. The molecule has 0 aliphatic heterocycles. The summed E-state index contributed by atoms with van der Waals surface area (Å²) in [7, 11) is -2.65. The number of ether oxygens (including phenoxy) is 2. The predicted octanol–water partition coefficient (Wildman–Crippen LogP) is 10.7. The van der Waals surface area contributed by atoms with E-state index in [-0.39, 0.29) is 12.2 Å². The maximum atomic E-state index is 14.9. The summed E-state index contributed by atoms with van der Waals surface area (Å²) >= 11 is 0. The van der Waals surface area contributed by atoms with Crippen molar-refractivity contribution in [1.29, 1.82) is 0 Å². The number of carbonyl (C=O) groups is 1. The van der Waals surface area contributed by atoms with E-state index in [9.17, 15) is 84.5 Å². The minimum atomic E-state index is -8.69. The third kappa shape index (κ3) is 10.8. The molecule has 0 unspecified atom stereocenters. The summed E-state index contributed by atoms with van der Waals surface area (Å²) in [5.41, 5.74) is 0.488. The largest absolute Gasteiger partial charge is 0.491 e. The summed E-state index contributed by atoms with van der Waals surface area (Å²) in [4.78, 5) is 11.2. The molecule has 1 aromatic rings. The Morgan fingerprint density at radius 2 is 1.20 bits per heavy atom. The van der Waals surface area contributed by atoms with E-state index in [1.165, 1.54) is 70.6 Å². The van der Waals surface area contributed by atoms with Crippen molar-refractivity contribution in [1.82, 2.24) is 5.48 Å². The van der Waals surface area contributed by atoms with E-state index >= 15 is 0 Å². The van der Waals surface area contributed by atoms with E-state index in [2.05, 4.69) is 0 Å². The zero-order valence-electron chi connectivity index (χ0n) is 31.8. The number of benzene rings is 1. The number of amides is 1. The number of hydroxylamine groups is 1. The fourth-order valence-electron chi connectivity index (χ4n) is 5.75. The normalized spacial score (nSPS) is 15.9. The highest BCUT2D eigenvalue weighted by molar-refractivity contribution is 6.76. The molecular formula is C34H42F17NO6Si. The van der Waals surface area contributed by atoms with Crippen LogP contribution in [0, 0.1) is 0 Å². The van der Waals surface area contributed by atoms with Gasteiger partial charge in [0, 0.05) is 19.6 Å². The number of methoxy groups -OCH3 is 1. The molecule has 0 heterocycles. The van der Waals surface area contributed by atoms with Gasteiger partial charge in [0.15, 0.2) is 8.32 Å². The fourth-order valence-corrected chi connectivity index (χ4v) is 10.2. The van der Waals surface area contributed by atoms with Crippen LogP contribution in [-0.2, 0) is 14.0 Å². The standard InChI is InChI=1S/C34H42F17NO6Si/c1-19(2)59(20(3)4,58-16-15-57-23-12-10-22(11-13-23)26(54)24(56-6)9-7-8-21(5)18-25(53)52-55)17-14-27(35,36)28(37,38)29(39,40)30(41,42)31(43,44)32(45,46)33(47,48)34(49,50)51/h7-8,10-13,18-20,24,26,54-55H,9,14-17H2,1-6H3,(H,52,53)/b8-7+,21-18+/t24-,26-/m1/s1. The second kappa shape index (κ2) is 19.3. The minimum absolute atomic E-state index is 0.132. The van der Waals surface area contributed by atoms with Gasteiger partial charge in [0.2, 0.25) is 0 Å². The Balaban J connectivity index is 3.18. The van der Waals surface area contributed by atoms with Gasteiger partial charge in [-0.25, -0.2) is 5.48 Å². The number of nitrogens with one attached hydrogen (secondary N) is 1. The topological polar surface area (TPSA) is 97.3 Å². The number of alkyl halides is 17. The number of carbonyl (C=O) groups excluding carboxylic acids is 1. The molecule has 2 atom stereocenters. The van der Waals surface area contributed by atoms with Crippen molar-refractivity contribution < 1.29 is 104 Å². The van der Waals surface area contributed by atoms with Gasteiger partial charge in [0.1, 0.15) is 18.5 Å². The van der Waals surface area contributed by atoms with Gasteiger partial charge < -0.3 is 19.0 Å². The lowest BCUT2D eigenvalue weighted by atomic mass is 9.88. The van der Waals surface area contributed by atoms with Gasteiger partial charge in [-0.05, 0) is 53.7 Å². The first-order valence-electron chi connectivity index (χ1n) is 17.1. The molecule has 0 bridgehead atoms. The van der Waals surface area contributed by atoms with Gasteiger partial charge in [-0.2, -0.15) is 74.6 Å². The number of aliphatic hydroxyl groups excluding tert-OH is 1. The summed E-state index contributed by atoms with van der Waals surface area (Å²) in [6.45, 7) is 5.92. The highest BCUT2D eigenvalue weighted by Gasteiger charge is 2.95. The van der Waals surface area contributed by atoms with Gasteiger partial charge in [-0.1, -0.05) is 52.0 Å². The molecule has 0 spiro atoms. The van der Waals surface area contributed by atoms with Crippen molar-refractivity contribution in [2.75, 3.05) is 20.3 Å². The van der Waals surface area contributed by atoms with E-state index in [0.29, 0.717) is 11.1 Å². The summed E-state index contributed by atoms with van der Waals surface area (Å²) in [6.07, 6.45) is -7.98. The molecule has 1 rings (SSSR count). The van der Waals surface area contributed by atoms with Crippen LogP contribution in [0.2, 0.25) is 17.1 Å². The highest BCUT2D eigenvalue weighted by Crippen LogP contribution is 2.64. The Bertz CT molecular complexity index is 1580. The van der Waals surface area contributed by atoms with Crippen LogP contribution in [0.3, 0.4) is 0 Å². The first kappa shape index (κ1) is 53.9. The molecule has 0 fully saturated rings. The number of aliphatic hydroxyl groups is 1. The lowest BCUT2D eigenvalue weighted by Crippen LogP contribution is -2.74. The fraction of sp³-hybridized carbons (Fsp3) is 0.676. The Morgan fingerprint density at radius 1 is 0.746 bits per heavy atom. The molecule has 342 valence electrons. The van der Waals surface area contributed by atoms with Crippen molar-refractivity contribution in [2.24, 2.45) is 0 Å². The Hall–Kier alpha value is -3.16. The smallest absolute Gasteiger partial charge is 0.460 e. The van der Waals surface area contributed by atoms with Gasteiger partial charge in [0.25, 0.3) is 5.91 Å². The number of allylic oxidation sites excluding steroid dienone is 2. The van der Waals surface area contributed by atoms with Crippen LogP contribution in [0.25, 0.3) is 0 Å². The summed E-state index contributed by atoms with van der Waals surface area (Å²) in [5.74, 6) is -57.4. The molecule has 1 aromatic carbocycles. The molecule has 0 saturated heterocycles. The molecule has 7 nitrogen and oxygen atoms in total. The van der Waals surface area contributed by atoms with Gasteiger partial charge >= 0.3 is 47.6 Å². The van der Waals surface area contributed by atoms with Gasteiger partial charge in [0.05, 0.1) is 12.7 Å². The van der Waals surface area contributed by atoms with Gasteiger partial charge in [-0.3, -0.25) is 10.0 Å². The van der Waals surface area contributed by atoms with Crippen molar-refractivity contribution >= 4 is 14.2 Å². The van der Waals surface area contributed by atoms with E-state index in [0.717, 1.165) is 6.08 Å². The lowest BCUT2D eigenvalue weighted by Gasteiger charge is -2.44. The number of hydrogen-bond donors (Lipinski definition) is 3. The average Bonchev–Trinajstić information content (AvgIpc) is 3.11. The molecule has 0 aliphatic rings. The van der Waals surface area contributed by atoms with Crippen LogP contribution in [0.5, 0.6) is 5.75 Å². The van der Waals surface area contributed by atoms with Crippen LogP contribution in [-0.4, -0.2) is 98.6 Å². The highest BCUT2D eigenvalue weighted by atomic mass is 28.4. The summed E-state index contributed by atoms with van der Waals surface area (Å²) in [6, 6.07) is 4.28. The summed E-state index contributed by atoms with van der Waals surface area (Å²) in [5, 5.41) is 19.3. The SMILES string of the molecule is CO[C@H](C/C=C/C(C)=C/C(=O)NO)[C@H](O)c1ccc(OCCO[Si](CCC(F)(F)C(F)(F)C(F)(F)C(F)(F)C(F)(F)C(F)(F)C(F)(F)C(F)(F)F)(C(C)C)C(C)C)cc1. The van der Waals surface area contributed by atoms with Crippen LogP contribution in [0.4, 0.5) is 74.6 Å². The van der Waals surface area contributed by atoms with Crippen molar-refractivity contribution in [3.63, 3.8) is 0 Å². The Morgan fingerprint density at radius 3 is 1.63 bits per heavy atom. The first-order valence-corrected chi connectivity index (χ1v) is 19.4. The van der Waals surface area contributed by atoms with Crippen molar-refractivity contribution in [3.05, 3.63) is 53.6 Å². The predicted molar refractivity (Wildman–Crippen MR) is 177 cm³/mol. The number of halogens is 17. The van der Waals surface area contributed by atoms with E-state index in [1.807, 2.05) is 0 Å². The van der Waals surface area contributed by atoms with E-state index in [4.69, 9.17) is 19.1 Å². The molecule has 0 aromatic heterocycles. The third-order valence-corrected chi connectivity index (χ3v) is 15.1. The van der Waals surface area contributed by atoms with Crippen molar-refractivity contribution in [3.8, 4) is 5.75 Å². The molecule has 0 aliphatic carbocycles.